The molecular weight excluding hydrogens is 768 g/mol. The van der Waals surface area contributed by atoms with Crippen LogP contribution in [0.15, 0.2) is 152 Å². The quantitative estimate of drug-likeness (QED) is 0.163. The van der Waals surface area contributed by atoms with Gasteiger partial charge in [0.2, 0.25) is 0 Å². The Kier molecular flexibility index (Phi) is 7.59. The van der Waals surface area contributed by atoms with Gasteiger partial charge in [0.15, 0.2) is 0 Å². The summed E-state index contributed by atoms with van der Waals surface area (Å²) in [5.74, 6) is 0.873. The molecule has 0 saturated carbocycles. The van der Waals surface area contributed by atoms with Crippen molar-refractivity contribution in [2.75, 3.05) is 0 Å². The van der Waals surface area contributed by atoms with Gasteiger partial charge >= 0.3 is 21.1 Å². The van der Waals surface area contributed by atoms with Gasteiger partial charge < -0.3 is 14.1 Å². The maximum Gasteiger partial charge on any atom is 2.00 e. The summed E-state index contributed by atoms with van der Waals surface area (Å²) in [6.45, 7) is 0. The van der Waals surface area contributed by atoms with Crippen molar-refractivity contribution in [1.29, 1.82) is 0 Å². The second-order valence-corrected chi connectivity index (χ2v) is 11.8. The molecule has 0 radical (unpaired) electrons. The van der Waals surface area contributed by atoms with Gasteiger partial charge in [-0.15, -0.1) is 53.6 Å². The molecule has 6 aromatic carbocycles. The Bertz CT molecular complexity index is 2570. The molecule has 0 aliphatic carbocycles. The summed E-state index contributed by atoms with van der Waals surface area (Å²) >= 11 is 0. The van der Waals surface area contributed by atoms with Crippen LogP contribution in [0.3, 0.4) is 0 Å². The average molecular weight is 796 g/mol. The van der Waals surface area contributed by atoms with Crippen LogP contribution >= 0.6 is 0 Å². The molecule has 5 heteroatoms. The molecule has 0 amide bonds. The first-order valence-electron chi connectivity index (χ1n) is 15.7. The zero-order valence-electron chi connectivity index (χ0n) is 26.0. The van der Waals surface area contributed by atoms with E-state index in [2.05, 4.69) is 155 Å². The summed E-state index contributed by atoms with van der Waals surface area (Å²) in [4.78, 5) is 9.73. The number of hydrogen-bond donors (Lipinski definition) is 0. The molecule has 9 rings (SSSR count). The number of hydrogen-bond acceptors (Lipinski definition) is 2. The van der Waals surface area contributed by atoms with Gasteiger partial charge in [-0.25, -0.2) is 0 Å². The number of para-hydroxylation sites is 2. The molecule has 0 aliphatic rings. The van der Waals surface area contributed by atoms with E-state index >= 15 is 0 Å². The Morgan fingerprint density at radius 2 is 1.31 bits per heavy atom. The molecule has 0 fully saturated rings. The van der Waals surface area contributed by atoms with Gasteiger partial charge in [0.05, 0.1) is 16.9 Å². The second kappa shape index (κ2) is 12.2. The number of rotatable bonds is 5. The van der Waals surface area contributed by atoms with E-state index in [0.29, 0.717) is 0 Å². The summed E-state index contributed by atoms with van der Waals surface area (Å²) in [6, 6.07) is 58.1. The maximum atomic E-state index is 5.16. The zero-order valence-corrected chi connectivity index (χ0v) is 28.3. The van der Waals surface area contributed by atoms with E-state index in [1.807, 2.05) is 30.5 Å². The number of imidazole rings is 1. The number of pyridine rings is 1. The number of aromatic nitrogens is 4. The predicted molar refractivity (Wildman–Crippen MR) is 192 cm³/mol. The van der Waals surface area contributed by atoms with Crippen LogP contribution in [0.4, 0.5) is 0 Å². The first kappa shape index (κ1) is 29.8. The van der Waals surface area contributed by atoms with Gasteiger partial charge in [0.25, 0.3) is 0 Å². The first-order valence-corrected chi connectivity index (χ1v) is 15.7. The van der Waals surface area contributed by atoms with Crippen molar-refractivity contribution < 1.29 is 21.1 Å². The summed E-state index contributed by atoms with van der Waals surface area (Å²) in [7, 11) is 2.10. The monoisotopic (exact) mass is 795 g/mol. The Morgan fingerprint density at radius 1 is 0.562 bits per heavy atom. The van der Waals surface area contributed by atoms with Gasteiger partial charge in [0.1, 0.15) is 0 Å². The predicted octanol–water partition coefficient (Wildman–Crippen LogP) is 10.3. The SMILES string of the molecule is Cn1c(-c2[c-]c3c(cc2)c2ccccc2n3-c2[c-]c(-c3ccccn3)ccc2)nc2cccc(-c3ccc(-c4ccccc4)cc3)c21.[Pt+2]. The molecule has 3 aromatic heterocycles. The third-order valence-corrected chi connectivity index (χ3v) is 8.98. The fourth-order valence-electron chi connectivity index (χ4n) is 6.75. The van der Waals surface area contributed by atoms with Gasteiger partial charge in [0, 0.05) is 24.3 Å². The Labute approximate surface area is 293 Å². The van der Waals surface area contributed by atoms with E-state index in [1.165, 1.54) is 16.5 Å². The van der Waals surface area contributed by atoms with Crippen LogP contribution in [0.25, 0.3) is 83.4 Å². The fourth-order valence-corrected chi connectivity index (χ4v) is 6.75. The van der Waals surface area contributed by atoms with Gasteiger partial charge in [-0.2, -0.15) is 0 Å². The normalized spacial score (nSPS) is 11.3. The van der Waals surface area contributed by atoms with Crippen LogP contribution in [0.1, 0.15) is 0 Å². The van der Waals surface area contributed by atoms with Crippen LogP contribution in [-0.2, 0) is 28.1 Å². The maximum absolute atomic E-state index is 5.16. The van der Waals surface area contributed by atoms with E-state index in [-0.39, 0.29) is 21.1 Å². The van der Waals surface area contributed by atoms with Crippen LogP contribution in [-0.4, -0.2) is 19.1 Å². The van der Waals surface area contributed by atoms with Crippen molar-refractivity contribution in [2.45, 2.75) is 0 Å². The molecule has 9 aromatic rings. The van der Waals surface area contributed by atoms with Crippen molar-refractivity contribution in [3.05, 3.63) is 164 Å². The Balaban J connectivity index is 0.00000336. The standard InChI is InChI=1S/C43H28N4.Pt/c1-46-42-35(31-22-20-30(21-23-31)29-11-3-2-4-12-29)16-10-18-39(42)45-43(46)33-24-25-37-36-15-5-6-19-40(36)47(41(37)28-33)34-14-9-13-32(27-34)38-17-7-8-26-44-38;/h2-26H,1H3;/q-2;+2. The molecule has 0 bridgehead atoms. The van der Waals surface area contributed by atoms with Crippen molar-refractivity contribution in [1.82, 2.24) is 19.1 Å². The molecule has 230 valence electrons. The third-order valence-electron chi connectivity index (χ3n) is 8.98. The van der Waals surface area contributed by atoms with E-state index in [4.69, 9.17) is 4.98 Å². The minimum atomic E-state index is 0. The Hall–Kier alpha value is -5.57. The number of benzene rings is 6. The van der Waals surface area contributed by atoms with E-state index < -0.39 is 0 Å². The van der Waals surface area contributed by atoms with Crippen molar-refractivity contribution in [3.8, 4) is 50.6 Å². The minimum absolute atomic E-state index is 0. The van der Waals surface area contributed by atoms with Crippen LogP contribution in [0.2, 0.25) is 0 Å². The molecule has 0 atom stereocenters. The summed E-state index contributed by atoms with van der Waals surface area (Å²) in [5, 5.41) is 2.31. The zero-order chi connectivity index (χ0) is 31.3. The van der Waals surface area contributed by atoms with Gasteiger partial charge in [-0.3, -0.25) is 4.98 Å². The summed E-state index contributed by atoms with van der Waals surface area (Å²) < 4.78 is 4.46. The molecule has 0 spiro atoms. The third kappa shape index (κ3) is 4.97. The molecule has 0 unspecified atom stereocenters. The summed E-state index contributed by atoms with van der Waals surface area (Å²) in [6.07, 6.45) is 1.82. The van der Waals surface area contributed by atoms with E-state index in [0.717, 1.165) is 66.9 Å². The summed E-state index contributed by atoms with van der Waals surface area (Å²) in [5.41, 5.74) is 12.6. The minimum Gasteiger partial charge on any atom is -0.366 e. The topological polar surface area (TPSA) is 35.6 Å². The van der Waals surface area contributed by atoms with Gasteiger partial charge in [-0.1, -0.05) is 102 Å². The number of nitrogens with zero attached hydrogens (tertiary/aromatic N) is 4. The van der Waals surface area contributed by atoms with Crippen LogP contribution in [0, 0.1) is 12.1 Å². The second-order valence-electron chi connectivity index (χ2n) is 11.8. The van der Waals surface area contributed by atoms with Gasteiger partial charge in [-0.05, 0) is 57.2 Å². The van der Waals surface area contributed by atoms with E-state index in [9.17, 15) is 0 Å². The molecule has 3 heterocycles. The molecule has 0 N–H and O–H groups in total. The molecule has 0 saturated heterocycles. The van der Waals surface area contributed by atoms with Crippen molar-refractivity contribution >= 4 is 32.8 Å². The van der Waals surface area contributed by atoms with Crippen molar-refractivity contribution in [3.63, 3.8) is 0 Å². The number of fused-ring (bicyclic) bond motifs is 4. The van der Waals surface area contributed by atoms with Crippen molar-refractivity contribution in [2.24, 2.45) is 7.05 Å². The molecule has 0 aliphatic heterocycles. The molecule has 48 heavy (non-hydrogen) atoms. The largest absolute Gasteiger partial charge is 2.00 e. The Morgan fingerprint density at radius 3 is 2.15 bits per heavy atom. The molecule has 4 nitrogen and oxygen atoms in total. The van der Waals surface area contributed by atoms with Crippen LogP contribution < -0.4 is 0 Å². The smallest absolute Gasteiger partial charge is 0.366 e. The fraction of sp³-hybridized carbons (Fsp3) is 0.0233. The van der Waals surface area contributed by atoms with E-state index in [1.54, 1.807) is 0 Å². The average Bonchev–Trinajstić information content (AvgIpc) is 3.66. The first-order chi connectivity index (χ1) is 23.2. The number of aryl methyl sites for hydroxylation is 1. The van der Waals surface area contributed by atoms with Crippen LogP contribution in [0.5, 0.6) is 0 Å². The molecular formula is C43H28N4Pt.